The molecule has 0 aliphatic carbocycles. The Hall–Kier alpha value is -1.78. The standard InChI is InChI=1S/C17H14O2S2/c18-17(19)11-20-10-13-6-1-3-7-14(13)16-9-12-5-2-4-8-15(12)21-16/h1-9H,10-11H2,(H,18,19). The van der Waals surface area contributed by atoms with Crippen molar-refractivity contribution < 1.29 is 9.90 Å². The summed E-state index contributed by atoms with van der Waals surface area (Å²) < 4.78 is 1.28. The Morgan fingerprint density at radius 3 is 2.67 bits per heavy atom. The maximum atomic E-state index is 10.6. The largest absolute Gasteiger partial charge is 0.481 e. The van der Waals surface area contributed by atoms with E-state index in [4.69, 9.17) is 5.11 Å². The number of thiophene rings is 1. The second kappa shape index (κ2) is 6.33. The van der Waals surface area contributed by atoms with E-state index in [2.05, 4.69) is 36.4 Å². The van der Waals surface area contributed by atoms with Gasteiger partial charge in [-0.3, -0.25) is 4.79 Å². The topological polar surface area (TPSA) is 37.3 Å². The number of carboxylic acids is 1. The highest BCUT2D eigenvalue weighted by molar-refractivity contribution is 7.99. The van der Waals surface area contributed by atoms with E-state index in [1.54, 1.807) is 11.3 Å². The summed E-state index contributed by atoms with van der Waals surface area (Å²) in [7, 11) is 0. The maximum absolute atomic E-state index is 10.6. The van der Waals surface area contributed by atoms with Gasteiger partial charge in [-0.15, -0.1) is 23.1 Å². The second-order valence-corrected chi connectivity index (χ2v) is 6.76. The molecular formula is C17H14O2S2. The van der Waals surface area contributed by atoms with Crippen LogP contribution < -0.4 is 0 Å². The first-order valence-corrected chi connectivity index (χ1v) is 8.57. The van der Waals surface area contributed by atoms with Crippen molar-refractivity contribution in [2.45, 2.75) is 5.75 Å². The predicted molar refractivity (Wildman–Crippen MR) is 91.1 cm³/mol. The SMILES string of the molecule is O=C(O)CSCc1ccccc1-c1cc2ccccc2s1. The summed E-state index contributed by atoms with van der Waals surface area (Å²) in [6, 6.07) is 18.8. The molecule has 2 aromatic carbocycles. The van der Waals surface area contributed by atoms with Gasteiger partial charge in [0.1, 0.15) is 0 Å². The van der Waals surface area contributed by atoms with Crippen LogP contribution in [0, 0.1) is 0 Å². The lowest BCUT2D eigenvalue weighted by Crippen LogP contribution is -1.98. The van der Waals surface area contributed by atoms with Crippen molar-refractivity contribution in [1.82, 2.24) is 0 Å². The van der Waals surface area contributed by atoms with E-state index >= 15 is 0 Å². The zero-order valence-electron chi connectivity index (χ0n) is 11.3. The van der Waals surface area contributed by atoms with Crippen molar-refractivity contribution in [3.05, 3.63) is 60.2 Å². The molecule has 0 fully saturated rings. The minimum absolute atomic E-state index is 0.140. The van der Waals surface area contributed by atoms with Gasteiger partial charge in [0, 0.05) is 15.3 Å². The van der Waals surface area contributed by atoms with Crippen LogP contribution in [0.1, 0.15) is 5.56 Å². The molecule has 0 aliphatic heterocycles. The zero-order chi connectivity index (χ0) is 14.7. The summed E-state index contributed by atoms with van der Waals surface area (Å²) in [5, 5.41) is 10.0. The Labute approximate surface area is 131 Å². The molecular weight excluding hydrogens is 300 g/mol. The van der Waals surface area contributed by atoms with Crippen LogP contribution in [0.2, 0.25) is 0 Å². The van der Waals surface area contributed by atoms with Gasteiger partial charge in [-0.2, -0.15) is 0 Å². The number of benzene rings is 2. The molecule has 0 unspecified atom stereocenters. The first kappa shape index (κ1) is 14.2. The number of rotatable bonds is 5. The quantitative estimate of drug-likeness (QED) is 0.729. The molecule has 1 N–H and O–H groups in total. The number of hydrogen-bond acceptors (Lipinski definition) is 3. The molecule has 0 spiro atoms. The molecule has 3 aromatic rings. The van der Waals surface area contributed by atoms with Crippen molar-refractivity contribution in [3.63, 3.8) is 0 Å². The van der Waals surface area contributed by atoms with E-state index in [1.807, 2.05) is 18.2 Å². The molecule has 0 saturated carbocycles. The van der Waals surface area contributed by atoms with Gasteiger partial charge in [0.05, 0.1) is 5.75 Å². The number of carbonyl (C=O) groups is 1. The summed E-state index contributed by atoms with van der Waals surface area (Å²) in [6.07, 6.45) is 0. The highest BCUT2D eigenvalue weighted by Gasteiger charge is 2.09. The molecule has 3 rings (SSSR count). The van der Waals surface area contributed by atoms with Crippen LogP contribution in [0.5, 0.6) is 0 Å². The molecule has 106 valence electrons. The molecule has 0 radical (unpaired) electrons. The van der Waals surface area contributed by atoms with Crippen LogP contribution in [0.3, 0.4) is 0 Å². The Morgan fingerprint density at radius 1 is 1.10 bits per heavy atom. The molecule has 0 atom stereocenters. The molecule has 0 amide bonds. The molecule has 0 bridgehead atoms. The maximum Gasteiger partial charge on any atom is 0.313 e. The third-order valence-electron chi connectivity index (χ3n) is 3.19. The number of carboxylic acid groups (broad SMARTS) is 1. The number of thioether (sulfide) groups is 1. The lowest BCUT2D eigenvalue weighted by molar-refractivity contribution is -0.133. The lowest BCUT2D eigenvalue weighted by Gasteiger charge is -2.06. The van der Waals surface area contributed by atoms with Gasteiger partial charge in [0.15, 0.2) is 0 Å². The Kier molecular flexibility index (Phi) is 4.27. The molecule has 0 saturated heterocycles. The van der Waals surface area contributed by atoms with Gasteiger partial charge in [-0.25, -0.2) is 0 Å². The summed E-state index contributed by atoms with van der Waals surface area (Å²) in [5.74, 6) is 0.0941. The van der Waals surface area contributed by atoms with Crippen LogP contribution in [0.15, 0.2) is 54.6 Å². The van der Waals surface area contributed by atoms with Crippen LogP contribution in [-0.4, -0.2) is 16.8 Å². The fourth-order valence-electron chi connectivity index (χ4n) is 2.25. The molecule has 1 heterocycles. The molecule has 1 aromatic heterocycles. The van der Waals surface area contributed by atoms with Crippen molar-refractivity contribution >= 4 is 39.2 Å². The summed E-state index contributed by atoms with van der Waals surface area (Å²) in [6.45, 7) is 0. The van der Waals surface area contributed by atoms with Crippen LogP contribution in [0.25, 0.3) is 20.5 Å². The second-order valence-electron chi connectivity index (χ2n) is 4.69. The summed E-state index contributed by atoms with van der Waals surface area (Å²) in [5.41, 5.74) is 2.40. The predicted octanol–water partition coefficient (Wildman–Crippen LogP) is 4.89. The van der Waals surface area contributed by atoms with E-state index in [0.717, 1.165) is 5.75 Å². The molecule has 0 aliphatic rings. The minimum atomic E-state index is -0.764. The van der Waals surface area contributed by atoms with Crippen LogP contribution in [-0.2, 0) is 10.5 Å². The third kappa shape index (κ3) is 3.28. The Bertz CT molecular complexity index is 744. The molecule has 2 nitrogen and oxygen atoms in total. The van der Waals surface area contributed by atoms with Gasteiger partial charge in [0.2, 0.25) is 0 Å². The number of fused-ring (bicyclic) bond motifs is 1. The van der Waals surface area contributed by atoms with Crippen molar-refractivity contribution in [2.75, 3.05) is 5.75 Å². The highest BCUT2D eigenvalue weighted by atomic mass is 32.2. The van der Waals surface area contributed by atoms with Gasteiger partial charge in [0.25, 0.3) is 0 Å². The van der Waals surface area contributed by atoms with E-state index in [9.17, 15) is 4.79 Å². The summed E-state index contributed by atoms with van der Waals surface area (Å²) >= 11 is 3.21. The van der Waals surface area contributed by atoms with Gasteiger partial charge in [-0.1, -0.05) is 42.5 Å². The normalized spacial score (nSPS) is 10.9. The monoisotopic (exact) mass is 314 g/mol. The van der Waals surface area contributed by atoms with E-state index < -0.39 is 5.97 Å². The number of aliphatic carboxylic acids is 1. The summed E-state index contributed by atoms with van der Waals surface area (Å²) in [4.78, 5) is 11.9. The fraction of sp³-hybridized carbons (Fsp3) is 0.118. The first-order valence-electron chi connectivity index (χ1n) is 6.60. The smallest absolute Gasteiger partial charge is 0.313 e. The van der Waals surface area contributed by atoms with E-state index in [-0.39, 0.29) is 5.75 Å². The van der Waals surface area contributed by atoms with E-state index in [0.29, 0.717) is 0 Å². The number of hydrogen-bond donors (Lipinski definition) is 1. The zero-order valence-corrected chi connectivity index (χ0v) is 12.9. The fourth-order valence-corrected chi connectivity index (χ4v) is 4.12. The van der Waals surface area contributed by atoms with Gasteiger partial charge >= 0.3 is 5.97 Å². The van der Waals surface area contributed by atoms with Crippen LogP contribution in [0.4, 0.5) is 0 Å². The van der Waals surface area contributed by atoms with Crippen molar-refractivity contribution in [1.29, 1.82) is 0 Å². The van der Waals surface area contributed by atoms with Crippen molar-refractivity contribution in [2.24, 2.45) is 0 Å². The Morgan fingerprint density at radius 2 is 1.86 bits per heavy atom. The molecule has 21 heavy (non-hydrogen) atoms. The minimum Gasteiger partial charge on any atom is -0.481 e. The Balaban J connectivity index is 1.92. The van der Waals surface area contributed by atoms with Crippen LogP contribution >= 0.6 is 23.1 Å². The van der Waals surface area contributed by atoms with Gasteiger partial charge < -0.3 is 5.11 Å². The van der Waals surface area contributed by atoms with Crippen molar-refractivity contribution in [3.8, 4) is 10.4 Å². The highest BCUT2D eigenvalue weighted by Crippen LogP contribution is 2.36. The van der Waals surface area contributed by atoms with Gasteiger partial charge in [-0.05, 0) is 28.6 Å². The molecule has 4 heteroatoms. The lowest BCUT2D eigenvalue weighted by atomic mass is 10.1. The first-order chi connectivity index (χ1) is 10.2. The third-order valence-corrected chi connectivity index (χ3v) is 5.31. The van der Waals surface area contributed by atoms with E-state index in [1.165, 1.54) is 37.9 Å². The average Bonchev–Trinajstić information content (AvgIpc) is 2.91. The average molecular weight is 314 g/mol.